The number of thiazole rings is 1. The monoisotopic (exact) mass is 450 g/mol. The third-order valence-electron chi connectivity index (χ3n) is 6.13. The number of halogens is 1. The van der Waals surface area contributed by atoms with Crippen LogP contribution in [-0.4, -0.2) is 32.3 Å². The molecule has 7 heteroatoms. The molecule has 31 heavy (non-hydrogen) atoms. The first kappa shape index (κ1) is 20.2. The van der Waals surface area contributed by atoms with Crippen molar-refractivity contribution in [3.05, 3.63) is 69.6 Å². The van der Waals surface area contributed by atoms with Gasteiger partial charge in [0.25, 0.3) is 5.91 Å². The molecule has 5 rings (SSSR count). The second-order valence-corrected chi connectivity index (χ2v) is 9.95. The Hall–Kier alpha value is -2.70. The van der Waals surface area contributed by atoms with Crippen molar-refractivity contribution < 1.29 is 4.79 Å². The Morgan fingerprint density at radius 2 is 2.00 bits per heavy atom. The van der Waals surface area contributed by atoms with Crippen molar-refractivity contribution in [3.8, 4) is 10.4 Å². The predicted molar refractivity (Wildman–Crippen MR) is 126 cm³/mol. The van der Waals surface area contributed by atoms with Gasteiger partial charge in [0.1, 0.15) is 11.5 Å². The number of para-hydroxylation sites is 1. The predicted octanol–water partition coefficient (Wildman–Crippen LogP) is 6.11. The number of carbonyl (C=O) groups is 1. The van der Waals surface area contributed by atoms with Crippen LogP contribution in [-0.2, 0) is 5.54 Å². The number of nitrogens with one attached hydrogen (secondary N) is 1. The fourth-order valence-electron chi connectivity index (χ4n) is 4.49. The molecule has 4 aromatic rings. The number of aromatic nitrogens is 3. The van der Waals surface area contributed by atoms with Crippen LogP contribution in [0.1, 0.15) is 46.6 Å². The maximum Gasteiger partial charge on any atom is 0.274 e. The fourth-order valence-corrected chi connectivity index (χ4v) is 5.59. The van der Waals surface area contributed by atoms with Crippen LogP contribution in [0.4, 0.5) is 0 Å². The highest BCUT2D eigenvalue weighted by molar-refractivity contribution is 7.15. The largest absolute Gasteiger partial charge is 0.340 e. The standard InChI is InChI=1S/C24H23ClN4OS/c1-14-7-4-10-18-19(14)28-23(27-18)24(3)11-6-12-29(24)22(30)20-21(31-15(2)26-20)16-8-5-9-17(25)13-16/h4-5,7-10,13H,6,11-12H2,1-3H3,(H,27,28). The van der Waals surface area contributed by atoms with E-state index in [4.69, 9.17) is 16.6 Å². The summed E-state index contributed by atoms with van der Waals surface area (Å²) in [4.78, 5) is 29.6. The molecule has 1 aliphatic rings. The third kappa shape index (κ3) is 3.34. The second kappa shape index (κ2) is 7.46. The number of H-pyrrole nitrogens is 1. The number of benzene rings is 2. The van der Waals surface area contributed by atoms with Gasteiger partial charge in [-0.25, -0.2) is 9.97 Å². The van der Waals surface area contributed by atoms with Crippen molar-refractivity contribution >= 4 is 39.9 Å². The maximum atomic E-state index is 13.8. The molecular formula is C24H23ClN4OS. The Morgan fingerprint density at radius 1 is 1.19 bits per heavy atom. The molecule has 0 aliphatic carbocycles. The molecule has 0 spiro atoms. The maximum absolute atomic E-state index is 13.8. The summed E-state index contributed by atoms with van der Waals surface area (Å²) in [6.45, 7) is 6.77. The molecule has 158 valence electrons. The zero-order valence-electron chi connectivity index (χ0n) is 17.7. The fraction of sp³-hybridized carbons (Fsp3) is 0.292. The summed E-state index contributed by atoms with van der Waals surface area (Å²) < 4.78 is 0. The number of hydrogen-bond acceptors (Lipinski definition) is 4. The van der Waals surface area contributed by atoms with Crippen LogP contribution in [0.25, 0.3) is 21.5 Å². The number of imidazole rings is 1. The normalized spacial score (nSPS) is 18.8. The molecule has 3 heterocycles. The van der Waals surface area contributed by atoms with Gasteiger partial charge in [-0.15, -0.1) is 11.3 Å². The van der Waals surface area contributed by atoms with Gasteiger partial charge in [0.2, 0.25) is 0 Å². The highest BCUT2D eigenvalue weighted by Crippen LogP contribution is 2.41. The number of aryl methyl sites for hydroxylation is 2. The smallest absolute Gasteiger partial charge is 0.274 e. The lowest BCUT2D eigenvalue weighted by Gasteiger charge is -2.33. The Bertz CT molecular complexity index is 1310. The average Bonchev–Trinajstić information content (AvgIpc) is 3.45. The molecule has 0 radical (unpaired) electrons. The number of nitrogens with zero attached hydrogens (tertiary/aromatic N) is 3. The van der Waals surface area contributed by atoms with E-state index >= 15 is 0 Å². The van der Waals surface area contributed by atoms with Gasteiger partial charge in [-0.1, -0.05) is 35.9 Å². The SMILES string of the molecule is Cc1nc(C(=O)N2CCCC2(C)c2nc3c(C)cccc3[nH]2)c(-c2cccc(Cl)c2)s1. The molecule has 5 nitrogen and oxygen atoms in total. The quantitative estimate of drug-likeness (QED) is 0.409. The topological polar surface area (TPSA) is 61.9 Å². The second-order valence-electron chi connectivity index (χ2n) is 8.31. The van der Waals surface area contributed by atoms with Crippen LogP contribution in [0.5, 0.6) is 0 Å². The molecule has 1 fully saturated rings. The zero-order valence-corrected chi connectivity index (χ0v) is 19.3. The van der Waals surface area contributed by atoms with Crippen LogP contribution >= 0.6 is 22.9 Å². The summed E-state index contributed by atoms with van der Waals surface area (Å²) in [5.41, 5.74) is 3.98. The van der Waals surface area contributed by atoms with Crippen molar-refractivity contribution in [2.45, 2.75) is 39.2 Å². The lowest BCUT2D eigenvalue weighted by atomic mass is 9.97. The van der Waals surface area contributed by atoms with E-state index in [-0.39, 0.29) is 5.91 Å². The summed E-state index contributed by atoms with van der Waals surface area (Å²) in [5.74, 6) is 0.774. The molecule has 1 unspecified atom stereocenters. The molecule has 1 saturated heterocycles. The Labute approximate surface area is 190 Å². The summed E-state index contributed by atoms with van der Waals surface area (Å²) >= 11 is 7.74. The minimum absolute atomic E-state index is 0.0588. The Kier molecular flexibility index (Phi) is 4.87. The first-order valence-electron chi connectivity index (χ1n) is 10.4. The summed E-state index contributed by atoms with van der Waals surface area (Å²) in [5, 5.41) is 1.50. The van der Waals surface area contributed by atoms with Crippen LogP contribution in [0.3, 0.4) is 0 Å². The van der Waals surface area contributed by atoms with Crippen LogP contribution in [0, 0.1) is 13.8 Å². The number of amides is 1. The van der Waals surface area contributed by atoms with Crippen molar-refractivity contribution in [3.63, 3.8) is 0 Å². The van der Waals surface area contributed by atoms with Gasteiger partial charge in [0.15, 0.2) is 0 Å². The zero-order chi connectivity index (χ0) is 21.8. The Balaban J connectivity index is 1.57. The highest BCUT2D eigenvalue weighted by Gasteiger charge is 2.44. The van der Waals surface area contributed by atoms with E-state index in [1.165, 1.54) is 11.3 Å². The number of hydrogen-bond donors (Lipinski definition) is 1. The molecular weight excluding hydrogens is 428 g/mol. The van der Waals surface area contributed by atoms with Gasteiger partial charge in [0, 0.05) is 11.6 Å². The van der Waals surface area contributed by atoms with Crippen molar-refractivity contribution in [1.29, 1.82) is 0 Å². The van der Waals surface area contributed by atoms with Crippen molar-refractivity contribution in [2.75, 3.05) is 6.54 Å². The number of carbonyl (C=O) groups excluding carboxylic acids is 1. The first-order chi connectivity index (χ1) is 14.9. The highest BCUT2D eigenvalue weighted by atomic mass is 35.5. The van der Waals surface area contributed by atoms with Crippen LogP contribution < -0.4 is 0 Å². The van der Waals surface area contributed by atoms with Crippen LogP contribution in [0.15, 0.2) is 42.5 Å². The summed E-state index contributed by atoms with van der Waals surface area (Å²) in [7, 11) is 0. The van der Waals surface area contributed by atoms with Crippen molar-refractivity contribution in [1.82, 2.24) is 19.9 Å². The average molecular weight is 451 g/mol. The molecule has 2 aromatic heterocycles. The number of aromatic amines is 1. The number of rotatable bonds is 3. The van der Waals surface area contributed by atoms with Gasteiger partial charge in [-0.05, 0) is 62.9 Å². The minimum atomic E-state index is -0.508. The van der Waals surface area contributed by atoms with E-state index in [1.54, 1.807) is 0 Å². The van der Waals surface area contributed by atoms with E-state index in [1.807, 2.05) is 48.2 Å². The number of fused-ring (bicyclic) bond motifs is 1. The molecule has 0 bridgehead atoms. The van der Waals surface area contributed by atoms with E-state index in [0.717, 1.165) is 50.7 Å². The van der Waals surface area contributed by atoms with E-state index in [0.29, 0.717) is 17.3 Å². The third-order valence-corrected chi connectivity index (χ3v) is 7.39. The summed E-state index contributed by atoms with van der Waals surface area (Å²) in [6.07, 6.45) is 1.78. The molecule has 1 amide bonds. The number of likely N-dealkylation sites (tertiary alicyclic amines) is 1. The van der Waals surface area contributed by atoms with E-state index in [9.17, 15) is 4.79 Å². The van der Waals surface area contributed by atoms with Crippen molar-refractivity contribution in [2.24, 2.45) is 0 Å². The summed E-state index contributed by atoms with van der Waals surface area (Å²) in [6, 6.07) is 13.7. The Morgan fingerprint density at radius 3 is 2.77 bits per heavy atom. The lowest BCUT2D eigenvalue weighted by Crippen LogP contribution is -2.44. The molecule has 1 N–H and O–H groups in total. The van der Waals surface area contributed by atoms with E-state index in [2.05, 4.69) is 29.9 Å². The molecule has 2 aromatic carbocycles. The van der Waals surface area contributed by atoms with Gasteiger partial charge >= 0.3 is 0 Å². The molecule has 0 saturated carbocycles. The molecule has 1 atom stereocenters. The van der Waals surface area contributed by atoms with Gasteiger partial charge in [-0.2, -0.15) is 0 Å². The minimum Gasteiger partial charge on any atom is -0.340 e. The molecule has 1 aliphatic heterocycles. The van der Waals surface area contributed by atoms with Gasteiger partial charge < -0.3 is 9.88 Å². The van der Waals surface area contributed by atoms with Crippen LogP contribution in [0.2, 0.25) is 5.02 Å². The lowest BCUT2D eigenvalue weighted by molar-refractivity contribution is 0.0601. The van der Waals surface area contributed by atoms with Gasteiger partial charge in [0.05, 0.1) is 26.5 Å². The first-order valence-corrected chi connectivity index (χ1v) is 11.6. The van der Waals surface area contributed by atoms with E-state index < -0.39 is 5.54 Å². The van der Waals surface area contributed by atoms with Gasteiger partial charge in [-0.3, -0.25) is 4.79 Å².